The first-order chi connectivity index (χ1) is 6.61. The zero-order valence-corrected chi connectivity index (χ0v) is 7.60. The number of nitrogens with one attached hydrogen (secondary N) is 1. The van der Waals surface area contributed by atoms with Crippen LogP contribution >= 0.6 is 0 Å². The Bertz CT molecular complexity index is 395. The first-order valence-electron chi connectivity index (χ1n) is 4.32. The normalized spacial score (nSPS) is 22.9. The lowest BCUT2D eigenvalue weighted by Crippen LogP contribution is -2.54. The number of carbonyl (C=O) groups is 2. The smallest absolute Gasteiger partial charge is 0.269 e. The molecule has 2 N–H and O–H groups in total. The third kappa shape index (κ3) is 1.13. The van der Waals surface area contributed by atoms with Gasteiger partial charge in [0.15, 0.2) is 0 Å². The van der Waals surface area contributed by atoms with Crippen molar-refractivity contribution in [1.29, 1.82) is 0 Å². The van der Waals surface area contributed by atoms with Crippen LogP contribution < -0.4 is 5.32 Å². The third-order valence-electron chi connectivity index (χ3n) is 2.25. The number of aliphatic hydroxyl groups excluding tert-OH is 1. The highest BCUT2D eigenvalue weighted by Gasteiger charge is 2.33. The molecule has 0 radical (unpaired) electrons. The molecule has 1 aromatic rings. The van der Waals surface area contributed by atoms with Crippen molar-refractivity contribution in [1.82, 2.24) is 9.88 Å². The molecule has 0 saturated heterocycles. The molecule has 74 valence electrons. The van der Waals surface area contributed by atoms with Gasteiger partial charge in [-0.2, -0.15) is 0 Å². The van der Waals surface area contributed by atoms with E-state index in [-0.39, 0.29) is 11.8 Å². The predicted octanol–water partition coefficient (Wildman–Crippen LogP) is -0.379. The van der Waals surface area contributed by atoms with E-state index in [4.69, 9.17) is 0 Å². The Hall–Kier alpha value is -1.62. The highest BCUT2D eigenvalue weighted by Crippen LogP contribution is 2.11. The first-order valence-corrected chi connectivity index (χ1v) is 4.32. The highest BCUT2D eigenvalue weighted by molar-refractivity contribution is 6.04. The van der Waals surface area contributed by atoms with E-state index in [2.05, 4.69) is 5.32 Å². The van der Waals surface area contributed by atoms with Crippen molar-refractivity contribution in [2.75, 3.05) is 0 Å². The Balaban J connectivity index is 2.44. The Labute approximate surface area is 80.3 Å². The molecule has 0 saturated carbocycles. The maximum Gasteiger partial charge on any atom is 0.269 e. The molecule has 1 amide bonds. The van der Waals surface area contributed by atoms with Crippen LogP contribution in [0.3, 0.4) is 0 Å². The summed E-state index contributed by atoms with van der Waals surface area (Å²) in [7, 11) is 0. The maximum absolute atomic E-state index is 11.7. The van der Waals surface area contributed by atoms with Crippen molar-refractivity contribution >= 4 is 11.8 Å². The lowest BCUT2D eigenvalue weighted by Gasteiger charge is -2.25. The number of rotatable bonds is 1. The minimum Gasteiger partial charge on any atom is -0.391 e. The third-order valence-corrected chi connectivity index (χ3v) is 2.25. The average molecular weight is 194 g/mol. The van der Waals surface area contributed by atoms with Gasteiger partial charge in [0.2, 0.25) is 0 Å². The molecule has 1 aliphatic rings. The van der Waals surface area contributed by atoms with Crippen LogP contribution in [0, 0.1) is 0 Å². The Morgan fingerprint density at radius 1 is 1.57 bits per heavy atom. The summed E-state index contributed by atoms with van der Waals surface area (Å²) in [6, 6.07) is 2.34. The fourth-order valence-electron chi connectivity index (χ4n) is 1.51. The van der Waals surface area contributed by atoms with Gasteiger partial charge in [-0.1, -0.05) is 0 Å². The summed E-state index contributed by atoms with van der Waals surface area (Å²) in [5.74, 6) is -0.639. The lowest BCUT2D eigenvalue weighted by atomic mass is 10.1. The monoisotopic (exact) mass is 194 g/mol. The topological polar surface area (TPSA) is 71.3 Å². The van der Waals surface area contributed by atoms with Gasteiger partial charge in [0.05, 0.1) is 6.10 Å². The predicted molar refractivity (Wildman–Crippen MR) is 48.0 cm³/mol. The second kappa shape index (κ2) is 2.95. The first kappa shape index (κ1) is 8.96. The molecule has 2 unspecified atom stereocenters. The number of aromatic nitrogens is 1. The quantitative estimate of drug-likeness (QED) is 0.640. The van der Waals surface area contributed by atoms with E-state index in [1.165, 1.54) is 17.7 Å². The zero-order valence-electron chi connectivity index (χ0n) is 7.60. The number of hydrogen-bond donors (Lipinski definition) is 2. The number of nitrogens with zero attached hydrogens (tertiary/aromatic N) is 1. The fraction of sp³-hybridized carbons (Fsp3) is 0.333. The standard InChI is InChI=1S/C9H10N2O3/c1-5(12)7-9(14)11-4-2-3-6(11)8(13)10-7/h2-5,7,12H,1H3,(H,10,13). The molecule has 2 heterocycles. The number of fused-ring (bicyclic) bond motifs is 1. The van der Waals surface area contributed by atoms with Gasteiger partial charge in [-0.05, 0) is 19.1 Å². The van der Waals surface area contributed by atoms with E-state index in [0.29, 0.717) is 5.69 Å². The van der Waals surface area contributed by atoms with Gasteiger partial charge in [-0.15, -0.1) is 0 Å². The summed E-state index contributed by atoms with van der Waals surface area (Å²) in [6.45, 7) is 1.47. The molecule has 1 aliphatic heterocycles. The van der Waals surface area contributed by atoms with Crippen molar-refractivity contribution in [2.45, 2.75) is 19.1 Å². The van der Waals surface area contributed by atoms with Crippen LogP contribution in [0.1, 0.15) is 22.2 Å². The van der Waals surface area contributed by atoms with Gasteiger partial charge >= 0.3 is 0 Å². The average Bonchev–Trinajstić information content (AvgIpc) is 2.59. The second-order valence-corrected chi connectivity index (χ2v) is 3.29. The van der Waals surface area contributed by atoms with Gasteiger partial charge in [0.25, 0.3) is 11.8 Å². The summed E-state index contributed by atoms with van der Waals surface area (Å²) < 4.78 is 1.26. The van der Waals surface area contributed by atoms with Crippen LogP contribution in [-0.2, 0) is 0 Å². The molecule has 0 spiro atoms. The molecule has 0 aromatic carbocycles. The number of amides is 1. The van der Waals surface area contributed by atoms with Crippen LogP contribution in [0.15, 0.2) is 18.3 Å². The molecule has 0 bridgehead atoms. The lowest BCUT2D eigenvalue weighted by molar-refractivity contribution is 0.0608. The number of carbonyl (C=O) groups excluding carboxylic acids is 2. The summed E-state index contributed by atoms with van der Waals surface area (Å²) in [4.78, 5) is 23.1. The van der Waals surface area contributed by atoms with Gasteiger partial charge in [0, 0.05) is 6.20 Å². The van der Waals surface area contributed by atoms with Crippen LogP contribution in [-0.4, -0.2) is 33.6 Å². The Morgan fingerprint density at radius 3 is 2.93 bits per heavy atom. The van der Waals surface area contributed by atoms with Crippen LogP contribution in [0.4, 0.5) is 0 Å². The Kier molecular flexibility index (Phi) is 1.89. The molecule has 14 heavy (non-hydrogen) atoms. The van der Waals surface area contributed by atoms with E-state index >= 15 is 0 Å². The van der Waals surface area contributed by atoms with E-state index in [1.807, 2.05) is 0 Å². The molecule has 2 rings (SSSR count). The number of hydrogen-bond acceptors (Lipinski definition) is 3. The number of aliphatic hydroxyl groups is 1. The van der Waals surface area contributed by atoms with Crippen molar-refractivity contribution in [3.05, 3.63) is 24.0 Å². The summed E-state index contributed by atoms with van der Waals surface area (Å²) >= 11 is 0. The second-order valence-electron chi connectivity index (χ2n) is 3.29. The summed E-state index contributed by atoms with van der Waals surface area (Å²) in [6.07, 6.45) is 0.633. The van der Waals surface area contributed by atoms with Gasteiger partial charge in [-0.3, -0.25) is 14.2 Å². The van der Waals surface area contributed by atoms with Crippen molar-refractivity contribution in [3.8, 4) is 0 Å². The molecular formula is C9H10N2O3. The van der Waals surface area contributed by atoms with E-state index < -0.39 is 12.1 Å². The van der Waals surface area contributed by atoms with Gasteiger partial charge in [-0.25, -0.2) is 0 Å². The molecule has 0 aliphatic carbocycles. The minimum atomic E-state index is -0.887. The summed E-state index contributed by atoms with van der Waals surface area (Å²) in [5.41, 5.74) is 0.312. The molecule has 5 heteroatoms. The van der Waals surface area contributed by atoms with Crippen LogP contribution in [0.25, 0.3) is 0 Å². The van der Waals surface area contributed by atoms with E-state index in [0.717, 1.165) is 0 Å². The maximum atomic E-state index is 11.7. The highest BCUT2D eigenvalue weighted by atomic mass is 16.3. The SMILES string of the molecule is CC(O)C1NC(=O)c2cccn2C1=O. The molecule has 0 fully saturated rings. The molecule has 1 aromatic heterocycles. The van der Waals surface area contributed by atoms with Crippen LogP contribution in [0.2, 0.25) is 0 Å². The van der Waals surface area contributed by atoms with Crippen molar-refractivity contribution in [2.24, 2.45) is 0 Å². The van der Waals surface area contributed by atoms with Crippen LogP contribution in [0.5, 0.6) is 0 Å². The van der Waals surface area contributed by atoms with Gasteiger partial charge in [0.1, 0.15) is 11.7 Å². The molecular weight excluding hydrogens is 184 g/mol. The van der Waals surface area contributed by atoms with Crippen molar-refractivity contribution in [3.63, 3.8) is 0 Å². The van der Waals surface area contributed by atoms with Gasteiger partial charge < -0.3 is 10.4 Å². The molecule has 2 atom stereocenters. The zero-order chi connectivity index (χ0) is 10.3. The largest absolute Gasteiger partial charge is 0.391 e. The Morgan fingerprint density at radius 2 is 2.29 bits per heavy atom. The van der Waals surface area contributed by atoms with E-state index in [1.54, 1.807) is 12.1 Å². The van der Waals surface area contributed by atoms with E-state index in [9.17, 15) is 14.7 Å². The van der Waals surface area contributed by atoms with Crippen molar-refractivity contribution < 1.29 is 14.7 Å². The minimum absolute atomic E-state index is 0.306. The summed E-state index contributed by atoms with van der Waals surface area (Å²) in [5, 5.41) is 11.7. The fourth-order valence-corrected chi connectivity index (χ4v) is 1.51. The molecule has 5 nitrogen and oxygen atoms in total.